The Morgan fingerprint density at radius 3 is 1.60 bits per heavy atom. The predicted molar refractivity (Wildman–Crippen MR) is 84.7 cm³/mol. The van der Waals surface area contributed by atoms with Gasteiger partial charge in [-0.3, -0.25) is 4.48 Å². The fraction of sp³-hybridized carbons (Fsp3) is 0.333. The van der Waals surface area contributed by atoms with Gasteiger partial charge in [0.15, 0.2) is 0 Å². The van der Waals surface area contributed by atoms with E-state index in [-0.39, 0.29) is 12.4 Å². The maximum absolute atomic E-state index is 2.32. The Morgan fingerprint density at radius 1 is 0.750 bits per heavy atom. The van der Waals surface area contributed by atoms with Gasteiger partial charge in [0.25, 0.3) is 0 Å². The van der Waals surface area contributed by atoms with Gasteiger partial charge in [-0.1, -0.05) is 49.7 Å². The molecule has 20 heavy (non-hydrogen) atoms. The summed E-state index contributed by atoms with van der Waals surface area (Å²) in [5.41, 5.74) is 2.73. The Morgan fingerprint density at radius 2 is 1.20 bits per heavy atom. The summed E-state index contributed by atoms with van der Waals surface area (Å²) in [7, 11) is 2.32. The van der Waals surface area contributed by atoms with Crippen LogP contribution in [0.4, 0.5) is 11.4 Å². The third kappa shape index (κ3) is 3.84. The molecule has 0 aliphatic rings. The third-order valence-electron chi connectivity index (χ3n) is 3.86. The molecule has 108 valence electrons. The maximum Gasteiger partial charge on any atom is 0.137 e. The number of halogens is 1. The number of unbranched alkanes of at least 4 members (excludes halogenated alkanes) is 2. The molecule has 0 saturated carbocycles. The van der Waals surface area contributed by atoms with Crippen LogP contribution in [0, 0.1) is 0 Å². The van der Waals surface area contributed by atoms with Gasteiger partial charge in [-0.05, 0) is 37.1 Å². The number of hydrogen-bond acceptors (Lipinski definition) is 0. The first-order chi connectivity index (χ1) is 9.27. The van der Waals surface area contributed by atoms with E-state index in [9.17, 15) is 0 Å². The average Bonchev–Trinajstić information content (AvgIpc) is 2.49. The first-order valence-corrected chi connectivity index (χ1v) is 7.24. The summed E-state index contributed by atoms with van der Waals surface area (Å²) in [4.78, 5) is 0. The van der Waals surface area contributed by atoms with E-state index >= 15 is 0 Å². The lowest BCUT2D eigenvalue weighted by Gasteiger charge is -2.33. The summed E-state index contributed by atoms with van der Waals surface area (Å²) in [6, 6.07) is 21.7. The van der Waals surface area contributed by atoms with Gasteiger partial charge in [-0.2, -0.15) is 0 Å². The molecule has 0 aliphatic carbocycles. The molecule has 0 heterocycles. The fourth-order valence-electron chi connectivity index (χ4n) is 2.60. The summed E-state index contributed by atoms with van der Waals surface area (Å²) >= 11 is 0. The van der Waals surface area contributed by atoms with Crippen LogP contribution >= 0.6 is 0 Å². The summed E-state index contributed by atoms with van der Waals surface area (Å²) in [6.07, 6.45) is 3.83. The summed E-state index contributed by atoms with van der Waals surface area (Å²) in [5.74, 6) is 0. The Labute approximate surface area is 129 Å². The molecular weight excluding hydrogens is 266 g/mol. The number of hydrogen-bond donors (Lipinski definition) is 0. The molecule has 2 rings (SSSR count). The van der Waals surface area contributed by atoms with Crippen LogP contribution in [0.1, 0.15) is 26.2 Å². The second kappa shape index (κ2) is 8.08. The molecule has 2 aromatic rings. The molecule has 0 amide bonds. The van der Waals surface area contributed by atoms with Gasteiger partial charge in [0.1, 0.15) is 11.4 Å². The number of rotatable bonds is 6. The van der Waals surface area contributed by atoms with E-state index in [1.165, 1.54) is 30.6 Å². The van der Waals surface area contributed by atoms with Gasteiger partial charge in [-0.25, -0.2) is 0 Å². The van der Waals surface area contributed by atoms with Crippen LogP contribution < -0.4 is 16.9 Å². The molecular formula is C18H24ClN. The van der Waals surface area contributed by atoms with Gasteiger partial charge in [0, 0.05) is 0 Å². The number of para-hydroxylation sites is 2. The van der Waals surface area contributed by atoms with E-state index in [0.29, 0.717) is 0 Å². The lowest BCUT2D eigenvalue weighted by atomic mass is 10.1. The third-order valence-corrected chi connectivity index (χ3v) is 3.86. The van der Waals surface area contributed by atoms with E-state index in [1.807, 2.05) is 0 Å². The van der Waals surface area contributed by atoms with Crippen molar-refractivity contribution in [2.45, 2.75) is 26.2 Å². The Hall–Kier alpha value is -1.31. The minimum atomic E-state index is 0. The molecule has 0 radical (unpaired) electrons. The van der Waals surface area contributed by atoms with E-state index in [1.54, 1.807) is 0 Å². The van der Waals surface area contributed by atoms with Crippen LogP contribution in [0.5, 0.6) is 0 Å². The molecule has 0 fully saturated rings. The van der Waals surface area contributed by atoms with Crippen molar-refractivity contribution in [2.24, 2.45) is 0 Å². The van der Waals surface area contributed by atoms with Gasteiger partial charge in [0.05, 0.1) is 13.6 Å². The molecule has 2 heteroatoms. The largest absolute Gasteiger partial charge is 1.00 e. The van der Waals surface area contributed by atoms with Gasteiger partial charge in [-0.15, -0.1) is 0 Å². The molecule has 0 N–H and O–H groups in total. The lowest BCUT2D eigenvalue weighted by Crippen LogP contribution is -3.00. The van der Waals surface area contributed by atoms with E-state index in [0.717, 1.165) is 11.0 Å². The van der Waals surface area contributed by atoms with Gasteiger partial charge in [0.2, 0.25) is 0 Å². The highest BCUT2D eigenvalue weighted by molar-refractivity contribution is 5.57. The smallest absolute Gasteiger partial charge is 0.137 e. The van der Waals surface area contributed by atoms with Crippen LogP contribution in [0.15, 0.2) is 60.7 Å². The standard InChI is InChI=1S/C18H24N.ClH/c1-3-4-11-16-19(2,17-12-7-5-8-13-17)18-14-9-6-10-15-18;/h5-10,12-15H,3-4,11,16H2,1-2H3;1H/q+1;/p-1. The van der Waals surface area contributed by atoms with Crippen LogP contribution in [0.2, 0.25) is 0 Å². The van der Waals surface area contributed by atoms with Gasteiger partial charge < -0.3 is 12.4 Å². The first kappa shape index (κ1) is 16.7. The van der Waals surface area contributed by atoms with Crippen molar-refractivity contribution in [2.75, 3.05) is 13.6 Å². The predicted octanol–water partition coefficient (Wildman–Crippen LogP) is 2.15. The van der Waals surface area contributed by atoms with Crippen molar-refractivity contribution in [3.05, 3.63) is 60.7 Å². The first-order valence-electron chi connectivity index (χ1n) is 7.24. The fourth-order valence-corrected chi connectivity index (χ4v) is 2.60. The van der Waals surface area contributed by atoms with Crippen LogP contribution in [0.25, 0.3) is 0 Å². The number of benzene rings is 2. The van der Waals surface area contributed by atoms with Crippen LogP contribution in [-0.2, 0) is 0 Å². The maximum atomic E-state index is 2.32. The molecule has 0 aliphatic heterocycles. The highest BCUT2D eigenvalue weighted by Gasteiger charge is 2.26. The molecule has 2 aromatic carbocycles. The summed E-state index contributed by atoms with van der Waals surface area (Å²) in [5, 5.41) is 0. The zero-order valence-corrected chi connectivity index (χ0v) is 13.2. The van der Waals surface area contributed by atoms with Crippen molar-refractivity contribution in [1.82, 2.24) is 4.48 Å². The second-order valence-corrected chi connectivity index (χ2v) is 5.29. The van der Waals surface area contributed by atoms with Crippen molar-refractivity contribution < 1.29 is 12.4 Å². The molecule has 0 bridgehead atoms. The molecule has 0 unspecified atom stereocenters. The quantitative estimate of drug-likeness (QED) is 0.565. The van der Waals surface area contributed by atoms with Crippen molar-refractivity contribution in [3.63, 3.8) is 0 Å². The normalized spacial score (nSPS) is 10.9. The Balaban J connectivity index is 0.00000200. The monoisotopic (exact) mass is 289 g/mol. The Bertz CT molecular complexity index is 442. The summed E-state index contributed by atoms with van der Waals surface area (Å²) < 4.78 is 0.891. The van der Waals surface area contributed by atoms with E-state index in [4.69, 9.17) is 0 Å². The number of nitrogens with zero attached hydrogens (tertiary/aromatic N) is 1. The zero-order chi connectivity index (χ0) is 13.6. The van der Waals surface area contributed by atoms with Crippen molar-refractivity contribution in [1.29, 1.82) is 0 Å². The van der Waals surface area contributed by atoms with Crippen molar-refractivity contribution >= 4 is 11.4 Å². The summed E-state index contributed by atoms with van der Waals surface area (Å²) in [6.45, 7) is 3.41. The SMILES string of the molecule is CCCCC[N+](C)(c1ccccc1)c1ccccc1.[Cl-]. The van der Waals surface area contributed by atoms with Crippen LogP contribution in [-0.4, -0.2) is 13.6 Å². The minimum absolute atomic E-state index is 0. The minimum Gasteiger partial charge on any atom is -1.00 e. The van der Waals surface area contributed by atoms with Gasteiger partial charge >= 0.3 is 0 Å². The topological polar surface area (TPSA) is 0 Å². The molecule has 0 spiro atoms. The zero-order valence-electron chi connectivity index (χ0n) is 12.4. The van der Waals surface area contributed by atoms with E-state index < -0.39 is 0 Å². The highest BCUT2D eigenvalue weighted by Crippen LogP contribution is 2.32. The van der Waals surface area contributed by atoms with E-state index in [2.05, 4.69) is 74.6 Å². The molecule has 0 atom stereocenters. The molecule has 0 saturated heterocycles. The van der Waals surface area contributed by atoms with Crippen LogP contribution in [0.3, 0.4) is 0 Å². The average molecular weight is 290 g/mol. The highest BCUT2D eigenvalue weighted by atomic mass is 35.5. The molecule has 1 nitrogen and oxygen atoms in total. The second-order valence-electron chi connectivity index (χ2n) is 5.29. The Kier molecular flexibility index (Phi) is 6.77. The lowest BCUT2D eigenvalue weighted by molar-refractivity contribution is -0.00000395. The molecule has 0 aromatic heterocycles. The number of quaternary nitrogens is 1. The van der Waals surface area contributed by atoms with Crippen molar-refractivity contribution in [3.8, 4) is 0 Å².